The van der Waals surface area contributed by atoms with Crippen LogP contribution in [-0.2, 0) is 14.4 Å². The van der Waals surface area contributed by atoms with Gasteiger partial charge in [-0.1, -0.05) is 0 Å². The number of fused-ring (bicyclic) bond motifs is 1. The quantitative estimate of drug-likeness (QED) is 0.712. The monoisotopic (exact) mass is 270 g/mol. The molecule has 0 aromatic rings. The van der Waals surface area contributed by atoms with Crippen molar-refractivity contribution in [2.45, 2.75) is 44.8 Å². The molecule has 1 saturated carbocycles. The van der Waals surface area contributed by atoms with Gasteiger partial charge in [-0.05, 0) is 39.5 Å². The van der Waals surface area contributed by atoms with Crippen LogP contribution in [0, 0.1) is 5.92 Å². The van der Waals surface area contributed by atoms with Crippen molar-refractivity contribution < 1.29 is 19.2 Å². The molecule has 108 valence electrons. The number of hydrogen-bond donors (Lipinski definition) is 0. The molecule has 2 atom stereocenters. The summed E-state index contributed by atoms with van der Waals surface area (Å²) in [5.74, 6) is 0.0773. The van der Waals surface area contributed by atoms with Crippen molar-refractivity contribution in [2.75, 3.05) is 20.7 Å². The number of carbonyl (C=O) groups excluding carboxylic acids is 2. The Labute approximate surface area is 113 Å². The summed E-state index contributed by atoms with van der Waals surface area (Å²) in [7, 11) is 3.01. The predicted octanol–water partition coefficient (Wildman–Crippen LogP) is 1.41. The third-order valence-electron chi connectivity index (χ3n) is 3.80. The number of piperidine rings is 1. The standard InChI is InChI=1S/C13H22N2O4/c1-12(2,3)19-11(17)15-7-6-9-8-13(9,15)10(16)14(4)18-5/h9H,6-8H2,1-5H3/t9-,13?/m0/s1. The highest BCUT2D eigenvalue weighted by Crippen LogP contribution is 2.56. The van der Waals surface area contributed by atoms with Gasteiger partial charge in [0.2, 0.25) is 0 Å². The maximum atomic E-state index is 12.4. The normalized spacial score (nSPS) is 28.9. The van der Waals surface area contributed by atoms with Crippen LogP contribution < -0.4 is 0 Å². The second-order valence-corrected chi connectivity index (χ2v) is 6.23. The van der Waals surface area contributed by atoms with Crippen molar-refractivity contribution in [1.82, 2.24) is 9.96 Å². The van der Waals surface area contributed by atoms with Gasteiger partial charge in [0, 0.05) is 13.6 Å². The summed E-state index contributed by atoms with van der Waals surface area (Å²) in [6.45, 7) is 6.03. The van der Waals surface area contributed by atoms with Crippen LogP contribution in [0.5, 0.6) is 0 Å². The first kappa shape index (κ1) is 14.1. The third-order valence-corrected chi connectivity index (χ3v) is 3.80. The second-order valence-electron chi connectivity index (χ2n) is 6.23. The number of nitrogens with zero attached hydrogens (tertiary/aromatic N) is 2. The zero-order chi connectivity index (χ0) is 14.4. The van der Waals surface area contributed by atoms with Crippen molar-refractivity contribution in [3.63, 3.8) is 0 Å². The fourth-order valence-corrected chi connectivity index (χ4v) is 2.78. The molecule has 0 aromatic heterocycles. The molecule has 2 fully saturated rings. The molecule has 0 N–H and O–H groups in total. The van der Waals surface area contributed by atoms with E-state index in [1.165, 1.54) is 12.2 Å². The Kier molecular flexibility index (Phi) is 3.24. The zero-order valence-electron chi connectivity index (χ0n) is 12.2. The van der Waals surface area contributed by atoms with Crippen LogP contribution in [0.1, 0.15) is 33.6 Å². The molecule has 19 heavy (non-hydrogen) atoms. The first-order valence-electron chi connectivity index (χ1n) is 6.55. The smallest absolute Gasteiger partial charge is 0.411 e. The highest BCUT2D eigenvalue weighted by Gasteiger charge is 2.70. The van der Waals surface area contributed by atoms with Crippen LogP contribution in [-0.4, -0.2) is 53.8 Å². The number of hydrogen-bond acceptors (Lipinski definition) is 4. The minimum absolute atomic E-state index is 0.164. The van der Waals surface area contributed by atoms with E-state index in [1.807, 2.05) is 20.8 Å². The van der Waals surface area contributed by atoms with E-state index in [2.05, 4.69) is 0 Å². The Morgan fingerprint density at radius 1 is 1.37 bits per heavy atom. The molecule has 0 bridgehead atoms. The summed E-state index contributed by atoms with van der Waals surface area (Å²) in [6.07, 6.45) is 1.15. The molecule has 6 nitrogen and oxygen atoms in total. The molecule has 1 aliphatic carbocycles. The van der Waals surface area contributed by atoms with Gasteiger partial charge < -0.3 is 4.74 Å². The fourth-order valence-electron chi connectivity index (χ4n) is 2.78. The molecule has 0 aromatic carbocycles. The molecular formula is C13H22N2O4. The lowest BCUT2D eigenvalue weighted by molar-refractivity contribution is -0.175. The average Bonchev–Trinajstić information content (AvgIpc) is 2.91. The van der Waals surface area contributed by atoms with Gasteiger partial charge in [-0.15, -0.1) is 0 Å². The average molecular weight is 270 g/mol. The van der Waals surface area contributed by atoms with E-state index in [9.17, 15) is 9.59 Å². The van der Waals surface area contributed by atoms with Gasteiger partial charge in [0.05, 0.1) is 7.11 Å². The lowest BCUT2D eigenvalue weighted by atomic mass is 10.2. The highest BCUT2D eigenvalue weighted by atomic mass is 16.7. The first-order valence-corrected chi connectivity index (χ1v) is 6.55. The number of amides is 2. The SMILES string of the molecule is CON(C)C(=O)C12C[C@@H]1CCN2C(=O)OC(C)(C)C. The van der Waals surface area contributed by atoms with E-state index < -0.39 is 17.2 Å². The molecule has 2 rings (SSSR count). The summed E-state index contributed by atoms with van der Waals surface area (Å²) >= 11 is 0. The summed E-state index contributed by atoms with van der Waals surface area (Å²) in [5.41, 5.74) is -1.28. The van der Waals surface area contributed by atoms with E-state index in [0.717, 1.165) is 6.42 Å². The Bertz CT molecular complexity index is 404. The number of hydroxylamine groups is 2. The van der Waals surface area contributed by atoms with Gasteiger partial charge in [-0.2, -0.15) is 0 Å². The maximum absolute atomic E-state index is 12.4. The van der Waals surface area contributed by atoms with Gasteiger partial charge in [0.1, 0.15) is 11.1 Å². The number of likely N-dealkylation sites (N-methyl/N-ethyl adjacent to an activating group) is 1. The lowest BCUT2D eigenvalue weighted by Crippen LogP contribution is -2.51. The summed E-state index contributed by atoms with van der Waals surface area (Å²) in [5, 5.41) is 1.20. The molecule has 1 unspecified atom stereocenters. The van der Waals surface area contributed by atoms with Crippen LogP contribution >= 0.6 is 0 Å². The molecule has 2 aliphatic rings. The number of likely N-dealkylation sites (tertiary alicyclic amines) is 1. The zero-order valence-corrected chi connectivity index (χ0v) is 12.2. The van der Waals surface area contributed by atoms with Crippen LogP contribution in [0.4, 0.5) is 4.79 Å². The van der Waals surface area contributed by atoms with Crippen molar-refractivity contribution in [2.24, 2.45) is 5.92 Å². The predicted molar refractivity (Wildman–Crippen MR) is 68.2 cm³/mol. The van der Waals surface area contributed by atoms with E-state index in [-0.39, 0.29) is 11.8 Å². The van der Waals surface area contributed by atoms with Crippen LogP contribution in [0.25, 0.3) is 0 Å². The van der Waals surface area contributed by atoms with Gasteiger partial charge in [-0.25, -0.2) is 9.86 Å². The van der Waals surface area contributed by atoms with Crippen molar-refractivity contribution in [1.29, 1.82) is 0 Å². The molecular weight excluding hydrogens is 248 g/mol. The molecule has 2 amide bonds. The third kappa shape index (κ3) is 2.29. The Morgan fingerprint density at radius 3 is 2.47 bits per heavy atom. The summed E-state index contributed by atoms with van der Waals surface area (Å²) < 4.78 is 5.38. The Hall–Kier alpha value is -1.30. The second kappa shape index (κ2) is 4.37. The van der Waals surface area contributed by atoms with E-state index in [0.29, 0.717) is 13.0 Å². The summed E-state index contributed by atoms with van der Waals surface area (Å²) in [4.78, 5) is 31.1. The largest absolute Gasteiger partial charge is 0.444 e. The fraction of sp³-hybridized carbons (Fsp3) is 0.846. The van der Waals surface area contributed by atoms with E-state index >= 15 is 0 Å². The maximum Gasteiger partial charge on any atom is 0.411 e. The molecule has 1 heterocycles. The Morgan fingerprint density at radius 2 is 2.00 bits per heavy atom. The van der Waals surface area contributed by atoms with Crippen LogP contribution in [0.15, 0.2) is 0 Å². The molecule has 0 spiro atoms. The molecule has 1 aliphatic heterocycles. The minimum Gasteiger partial charge on any atom is -0.444 e. The van der Waals surface area contributed by atoms with Gasteiger partial charge >= 0.3 is 6.09 Å². The summed E-state index contributed by atoms with van der Waals surface area (Å²) in [6, 6.07) is 0. The topological polar surface area (TPSA) is 59.1 Å². The van der Waals surface area contributed by atoms with Crippen molar-refractivity contribution in [3.05, 3.63) is 0 Å². The lowest BCUT2D eigenvalue weighted by Gasteiger charge is -2.31. The number of carbonyl (C=O) groups is 2. The minimum atomic E-state index is -0.729. The van der Waals surface area contributed by atoms with Crippen molar-refractivity contribution in [3.8, 4) is 0 Å². The van der Waals surface area contributed by atoms with Crippen LogP contribution in [0.2, 0.25) is 0 Å². The van der Waals surface area contributed by atoms with E-state index in [1.54, 1.807) is 11.9 Å². The molecule has 6 heteroatoms. The first-order chi connectivity index (χ1) is 8.72. The van der Waals surface area contributed by atoms with E-state index in [4.69, 9.17) is 9.57 Å². The molecule has 0 radical (unpaired) electrons. The number of ether oxygens (including phenoxy) is 1. The molecule has 1 saturated heterocycles. The Balaban J connectivity index is 2.14. The van der Waals surface area contributed by atoms with Crippen LogP contribution in [0.3, 0.4) is 0 Å². The van der Waals surface area contributed by atoms with Crippen molar-refractivity contribution >= 4 is 12.0 Å². The van der Waals surface area contributed by atoms with Gasteiger partial charge in [0.25, 0.3) is 5.91 Å². The number of rotatable bonds is 2. The van der Waals surface area contributed by atoms with Gasteiger partial charge in [0.15, 0.2) is 0 Å². The highest BCUT2D eigenvalue weighted by molar-refractivity contribution is 5.93. The van der Waals surface area contributed by atoms with Gasteiger partial charge in [-0.3, -0.25) is 14.5 Å².